The highest BCUT2D eigenvalue weighted by Crippen LogP contribution is 2.37. The molecule has 3 heterocycles. The van der Waals surface area contributed by atoms with Gasteiger partial charge in [0.25, 0.3) is 0 Å². The van der Waals surface area contributed by atoms with Crippen molar-refractivity contribution in [2.24, 2.45) is 11.8 Å². The molecule has 0 radical (unpaired) electrons. The zero-order valence-electron chi connectivity index (χ0n) is 12.0. The van der Waals surface area contributed by atoms with Crippen LogP contribution in [0.3, 0.4) is 0 Å². The van der Waals surface area contributed by atoms with Gasteiger partial charge in [-0.15, -0.1) is 0 Å². The van der Waals surface area contributed by atoms with Crippen molar-refractivity contribution in [1.82, 2.24) is 10.2 Å². The van der Waals surface area contributed by atoms with Crippen LogP contribution in [0.1, 0.15) is 58.3 Å². The summed E-state index contributed by atoms with van der Waals surface area (Å²) >= 11 is 0. The third-order valence-electron chi connectivity index (χ3n) is 5.72. The van der Waals surface area contributed by atoms with Gasteiger partial charge in [-0.05, 0) is 57.0 Å². The molecule has 1 N–H and O–H groups in total. The maximum absolute atomic E-state index is 3.80. The van der Waals surface area contributed by atoms with Crippen molar-refractivity contribution >= 4 is 0 Å². The summed E-state index contributed by atoms with van der Waals surface area (Å²) < 4.78 is 0. The predicted molar refractivity (Wildman–Crippen MR) is 76.7 cm³/mol. The third kappa shape index (κ3) is 2.60. The van der Waals surface area contributed by atoms with Gasteiger partial charge in [-0.2, -0.15) is 0 Å². The third-order valence-corrected chi connectivity index (χ3v) is 5.72. The van der Waals surface area contributed by atoms with Crippen LogP contribution in [0.5, 0.6) is 0 Å². The van der Waals surface area contributed by atoms with Crippen molar-refractivity contribution in [2.75, 3.05) is 19.6 Å². The summed E-state index contributed by atoms with van der Waals surface area (Å²) in [5.41, 5.74) is 0. The lowest BCUT2D eigenvalue weighted by molar-refractivity contribution is 0.0117. The first-order chi connectivity index (χ1) is 8.88. The van der Waals surface area contributed by atoms with Crippen LogP contribution in [0.15, 0.2) is 0 Å². The van der Waals surface area contributed by atoms with Gasteiger partial charge in [0.2, 0.25) is 0 Å². The standard InChI is InChI=1S/C16H30N2/c1-2-13-11-14(15-7-3-5-9-17-15)12-18-10-6-4-8-16(13)18/h13-17H,2-12H2,1H3/t13?,14?,15?,16-/m1/s1. The van der Waals surface area contributed by atoms with Gasteiger partial charge in [-0.1, -0.05) is 26.2 Å². The Morgan fingerprint density at radius 1 is 1.11 bits per heavy atom. The average Bonchev–Trinajstić information content (AvgIpc) is 2.47. The van der Waals surface area contributed by atoms with Crippen LogP contribution in [-0.4, -0.2) is 36.6 Å². The molecule has 0 aliphatic carbocycles. The second-order valence-corrected chi connectivity index (χ2v) is 6.78. The maximum atomic E-state index is 3.80. The maximum Gasteiger partial charge on any atom is 0.0124 e. The van der Waals surface area contributed by atoms with Gasteiger partial charge in [0.05, 0.1) is 0 Å². The smallest absolute Gasteiger partial charge is 0.0124 e. The van der Waals surface area contributed by atoms with E-state index in [1.165, 1.54) is 71.0 Å². The van der Waals surface area contributed by atoms with Crippen LogP contribution in [-0.2, 0) is 0 Å². The van der Waals surface area contributed by atoms with Crippen molar-refractivity contribution in [2.45, 2.75) is 70.4 Å². The normalized spacial score (nSPS) is 42.5. The molecule has 0 aromatic rings. The summed E-state index contributed by atoms with van der Waals surface area (Å²) in [4.78, 5) is 2.85. The second kappa shape index (κ2) is 5.92. The number of fused-ring (bicyclic) bond motifs is 1. The quantitative estimate of drug-likeness (QED) is 0.810. The van der Waals surface area contributed by atoms with E-state index in [0.29, 0.717) is 0 Å². The van der Waals surface area contributed by atoms with Crippen LogP contribution < -0.4 is 5.32 Å². The van der Waals surface area contributed by atoms with Gasteiger partial charge >= 0.3 is 0 Å². The fraction of sp³-hybridized carbons (Fsp3) is 1.00. The molecule has 3 fully saturated rings. The van der Waals surface area contributed by atoms with Gasteiger partial charge < -0.3 is 5.32 Å². The molecule has 0 amide bonds. The van der Waals surface area contributed by atoms with Gasteiger partial charge in [-0.25, -0.2) is 0 Å². The zero-order chi connectivity index (χ0) is 12.4. The fourth-order valence-corrected chi connectivity index (χ4v) is 4.71. The van der Waals surface area contributed by atoms with E-state index in [-0.39, 0.29) is 0 Å². The number of rotatable bonds is 2. The van der Waals surface area contributed by atoms with E-state index < -0.39 is 0 Å². The van der Waals surface area contributed by atoms with Crippen LogP contribution in [0, 0.1) is 11.8 Å². The summed E-state index contributed by atoms with van der Waals surface area (Å²) in [6.07, 6.45) is 11.6. The Kier molecular flexibility index (Phi) is 4.25. The van der Waals surface area contributed by atoms with E-state index in [0.717, 1.165) is 23.9 Å². The molecule has 18 heavy (non-hydrogen) atoms. The number of hydrogen-bond acceptors (Lipinski definition) is 2. The number of nitrogens with zero attached hydrogens (tertiary/aromatic N) is 1. The monoisotopic (exact) mass is 250 g/mol. The van der Waals surface area contributed by atoms with Crippen LogP contribution in [0.25, 0.3) is 0 Å². The number of piperidine rings is 3. The molecule has 2 nitrogen and oxygen atoms in total. The van der Waals surface area contributed by atoms with E-state index in [1.807, 2.05) is 0 Å². The highest BCUT2D eigenvalue weighted by Gasteiger charge is 2.39. The Labute approximate surface area is 113 Å². The van der Waals surface area contributed by atoms with E-state index >= 15 is 0 Å². The lowest BCUT2D eigenvalue weighted by Gasteiger charge is -2.49. The van der Waals surface area contributed by atoms with E-state index in [9.17, 15) is 0 Å². The molecule has 3 unspecified atom stereocenters. The number of nitrogens with one attached hydrogen (secondary N) is 1. The minimum atomic E-state index is 0.829. The molecular formula is C16H30N2. The summed E-state index contributed by atoms with van der Waals surface area (Å²) in [5, 5.41) is 3.80. The molecule has 0 aromatic heterocycles. The minimum Gasteiger partial charge on any atom is -0.314 e. The van der Waals surface area contributed by atoms with Crippen molar-refractivity contribution in [3.05, 3.63) is 0 Å². The average molecular weight is 250 g/mol. The molecule has 3 aliphatic heterocycles. The summed E-state index contributed by atoms with van der Waals surface area (Å²) in [6.45, 7) is 6.44. The van der Waals surface area contributed by atoms with E-state index in [4.69, 9.17) is 0 Å². The molecule has 0 spiro atoms. The molecule has 3 saturated heterocycles. The molecule has 3 aliphatic rings. The Morgan fingerprint density at radius 2 is 2.00 bits per heavy atom. The highest BCUT2D eigenvalue weighted by atomic mass is 15.2. The topological polar surface area (TPSA) is 15.3 Å². The molecule has 2 heteroatoms. The first-order valence-electron chi connectivity index (χ1n) is 8.36. The van der Waals surface area contributed by atoms with Crippen molar-refractivity contribution in [3.63, 3.8) is 0 Å². The second-order valence-electron chi connectivity index (χ2n) is 6.78. The van der Waals surface area contributed by atoms with Crippen molar-refractivity contribution in [1.29, 1.82) is 0 Å². The molecule has 3 rings (SSSR count). The lowest BCUT2D eigenvalue weighted by atomic mass is 9.74. The Morgan fingerprint density at radius 3 is 2.78 bits per heavy atom. The van der Waals surface area contributed by atoms with Gasteiger partial charge in [0.1, 0.15) is 0 Å². The molecule has 104 valence electrons. The highest BCUT2D eigenvalue weighted by molar-refractivity contribution is 4.94. The van der Waals surface area contributed by atoms with Crippen LogP contribution >= 0.6 is 0 Å². The molecule has 0 saturated carbocycles. The fourth-order valence-electron chi connectivity index (χ4n) is 4.71. The summed E-state index contributed by atoms with van der Waals surface area (Å²) in [7, 11) is 0. The Bertz CT molecular complexity index is 252. The molecular weight excluding hydrogens is 220 g/mol. The first-order valence-corrected chi connectivity index (χ1v) is 8.36. The Hall–Kier alpha value is -0.0800. The van der Waals surface area contributed by atoms with Crippen molar-refractivity contribution < 1.29 is 0 Å². The van der Waals surface area contributed by atoms with E-state index in [2.05, 4.69) is 17.1 Å². The zero-order valence-corrected chi connectivity index (χ0v) is 12.0. The molecule has 4 atom stereocenters. The molecule has 0 bridgehead atoms. The number of hydrogen-bond donors (Lipinski definition) is 1. The minimum absolute atomic E-state index is 0.829. The summed E-state index contributed by atoms with van der Waals surface area (Å²) in [5.74, 6) is 1.91. The lowest BCUT2D eigenvalue weighted by Crippen LogP contribution is -2.55. The Balaban J connectivity index is 1.65. The first kappa shape index (κ1) is 12.9. The van der Waals surface area contributed by atoms with Gasteiger partial charge in [-0.3, -0.25) is 4.90 Å². The largest absolute Gasteiger partial charge is 0.314 e. The predicted octanol–water partition coefficient (Wildman–Crippen LogP) is 3.03. The van der Waals surface area contributed by atoms with E-state index in [1.54, 1.807) is 0 Å². The van der Waals surface area contributed by atoms with Crippen LogP contribution in [0.4, 0.5) is 0 Å². The van der Waals surface area contributed by atoms with Gasteiger partial charge in [0, 0.05) is 18.6 Å². The SMILES string of the molecule is CCC1CC(C2CCCCN2)CN2CCCC[C@H]12. The van der Waals surface area contributed by atoms with Crippen molar-refractivity contribution in [3.8, 4) is 0 Å². The van der Waals surface area contributed by atoms with Crippen LogP contribution in [0.2, 0.25) is 0 Å². The molecule has 0 aromatic carbocycles. The van der Waals surface area contributed by atoms with Gasteiger partial charge in [0.15, 0.2) is 0 Å². The summed E-state index contributed by atoms with van der Waals surface area (Å²) in [6, 6.07) is 1.76.